The van der Waals surface area contributed by atoms with Crippen molar-refractivity contribution in [3.63, 3.8) is 0 Å². The van der Waals surface area contributed by atoms with Crippen molar-refractivity contribution in [2.75, 3.05) is 33.2 Å². The number of hydrogen-bond acceptors (Lipinski definition) is 3. The van der Waals surface area contributed by atoms with Crippen LogP contribution in [0.1, 0.15) is 54.4 Å². The Bertz CT molecular complexity index is 798. The Kier molecular flexibility index (Phi) is 5.36. The van der Waals surface area contributed by atoms with Gasteiger partial charge in [0.25, 0.3) is 5.91 Å². The number of piperidine rings is 2. The van der Waals surface area contributed by atoms with Gasteiger partial charge in [-0.3, -0.25) is 14.4 Å². The molecule has 0 N–H and O–H groups in total. The molecular formula is C23H31N3O3. The molecule has 0 saturated carbocycles. The van der Waals surface area contributed by atoms with Crippen molar-refractivity contribution in [1.29, 1.82) is 0 Å². The molecule has 1 unspecified atom stereocenters. The minimum atomic E-state index is -0.612. The molecule has 1 aromatic carbocycles. The standard InChI is InChI=1S/C23H31N3O3/c1-17-5-7-18(8-6-17)20(27)25-15-9-19(10-16-25)21(28)26-14-4-12-23(26)11-3-13-24(2)22(23)29/h5-8,19H,3-4,9-16H2,1-2H3. The summed E-state index contributed by atoms with van der Waals surface area (Å²) in [7, 11) is 1.85. The van der Waals surface area contributed by atoms with Crippen LogP contribution in [-0.4, -0.2) is 71.2 Å². The molecule has 3 saturated heterocycles. The van der Waals surface area contributed by atoms with Crippen LogP contribution in [0.5, 0.6) is 0 Å². The molecule has 0 bridgehead atoms. The lowest BCUT2D eigenvalue weighted by atomic mass is 9.84. The maximum Gasteiger partial charge on any atom is 0.253 e. The number of hydrogen-bond donors (Lipinski definition) is 0. The Morgan fingerprint density at radius 2 is 1.59 bits per heavy atom. The predicted molar refractivity (Wildman–Crippen MR) is 110 cm³/mol. The second-order valence-electron chi connectivity index (χ2n) is 8.89. The lowest BCUT2D eigenvalue weighted by molar-refractivity contribution is -0.156. The molecule has 6 heteroatoms. The van der Waals surface area contributed by atoms with Crippen LogP contribution >= 0.6 is 0 Å². The average molecular weight is 398 g/mol. The molecule has 3 fully saturated rings. The third kappa shape index (κ3) is 3.53. The van der Waals surface area contributed by atoms with Crippen LogP contribution in [0.3, 0.4) is 0 Å². The monoisotopic (exact) mass is 397 g/mol. The maximum atomic E-state index is 13.4. The fourth-order valence-electron chi connectivity index (χ4n) is 5.28. The van der Waals surface area contributed by atoms with E-state index < -0.39 is 5.54 Å². The van der Waals surface area contributed by atoms with Gasteiger partial charge in [-0.15, -0.1) is 0 Å². The quantitative estimate of drug-likeness (QED) is 0.770. The first-order valence-electron chi connectivity index (χ1n) is 10.9. The summed E-state index contributed by atoms with van der Waals surface area (Å²) in [5.74, 6) is 0.180. The first-order valence-corrected chi connectivity index (χ1v) is 10.9. The highest BCUT2D eigenvalue weighted by Crippen LogP contribution is 2.39. The number of aryl methyl sites for hydroxylation is 1. The number of nitrogens with zero attached hydrogens (tertiary/aromatic N) is 3. The number of likely N-dealkylation sites (tertiary alicyclic amines) is 3. The smallest absolute Gasteiger partial charge is 0.253 e. The number of amides is 3. The van der Waals surface area contributed by atoms with Gasteiger partial charge in [0.1, 0.15) is 5.54 Å². The van der Waals surface area contributed by atoms with Crippen molar-refractivity contribution in [3.8, 4) is 0 Å². The predicted octanol–water partition coefficient (Wildman–Crippen LogP) is 2.46. The second-order valence-corrected chi connectivity index (χ2v) is 8.89. The van der Waals surface area contributed by atoms with Gasteiger partial charge in [-0.1, -0.05) is 17.7 Å². The summed E-state index contributed by atoms with van der Waals surface area (Å²) in [6, 6.07) is 7.64. The second kappa shape index (κ2) is 7.81. The summed E-state index contributed by atoms with van der Waals surface area (Å²) in [6.45, 7) is 4.66. The van der Waals surface area contributed by atoms with E-state index in [0.29, 0.717) is 38.0 Å². The van der Waals surface area contributed by atoms with Gasteiger partial charge in [-0.2, -0.15) is 0 Å². The molecule has 29 heavy (non-hydrogen) atoms. The number of likely N-dealkylation sites (N-methyl/N-ethyl adjacent to an activating group) is 1. The SMILES string of the molecule is Cc1ccc(C(=O)N2CCC(C(=O)N3CCCC34CCCN(C)C4=O)CC2)cc1. The Hall–Kier alpha value is -2.37. The molecule has 1 spiro atoms. The van der Waals surface area contributed by atoms with Gasteiger partial charge >= 0.3 is 0 Å². The van der Waals surface area contributed by atoms with Crippen LogP contribution in [0.4, 0.5) is 0 Å². The summed E-state index contributed by atoms with van der Waals surface area (Å²) in [5, 5.41) is 0. The molecule has 0 aromatic heterocycles. The maximum absolute atomic E-state index is 13.4. The van der Waals surface area contributed by atoms with E-state index in [4.69, 9.17) is 0 Å². The molecule has 3 heterocycles. The molecular weight excluding hydrogens is 366 g/mol. The van der Waals surface area contributed by atoms with Crippen LogP contribution in [0.25, 0.3) is 0 Å². The van der Waals surface area contributed by atoms with Crippen molar-refractivity contribution >= 4 is 17.7 Å². The number of benzene rings is 1. The van der Waals surface area contributed by atoms with Crippen LogP contribution in [0.15, 0.2) is 24.3 Å². The molecule has 1 aromatic rings. The first-order chi connectivity index (χ1) is 13.9. The van der Waals surface area contributed by atoms with Gasteiger partial charge in [0.2, 0.25) is 11.8 Å². The number of rotatable bonds is 2. The molecule has 0 radical (unpaired) electrons. The lowest BCUT2D eigenvalue weighted by Gasteiger charge is -2.45. The van der Waals surface area contributed by atoms with E-state index in [-0.39, 0.29) is 23.6 Å². The molecule has 156 valence electrons. The van der Waals surface area contributed by atoms with Gasteiger partial charge in [-0.25, -0.2) is 0 Å². The van der Waals surface area contributed by atoms with Gasteiger partial charge in [-0.05, 0) is 57.6 Å². The van der Waals surface area contributed by atoms with Gasteiger partial charge in [0, 0.05) is 44.7 Å². The Morgan fingerprint density at radius 3 is 2.24 bits per heavy atom. The summed E-state index contributed by atoms with van der Waals surface area (Å²) >= 11 is 0. The topological polar surface area (TPSA) is 60.9 Å². The Balaban J connectivity index is 1.40. The largest absolute Gasteiger partial charge is 0.344 e. The minimum absolute atomic E-state index is 0.0395. The zero-order valence-electron chi connectivity index (χ0n) is 17.5. The highest BCUT2D eigenvalue weighted by Gasteiger charge is 2.53. The van der Waals surface area contributed by atoms with Crippen LogP contribution in [0, 0.1) is 12.8 Å². The van der Waals surface area contributed by atoms with Gasteiger partial charge in [0.15, 0.2) is 0 Å². The zero-order chi connectivity index (χ0) is 20.6. The van der Waals surface area contributed by atoms with Crippen LogP contribution in [-0.2, 0) is 9.59 Å². The van der Waals surface area contributed by atoms with Gasteiger partial charge < -0.3 is 14.7 Å². The van der Waals surface area contributed by atoms with E-state index in [1.54, 1.807) is 4.90 Å². The summed E-state index contributed by atoms with van der Waals surface area (Å²) in [4.78, 5) is 44.6. The third-order valence-corrected chi connectivity index (χ3v) is 7.01. The third-order valence-electron chi connectivity index (χ3n) is 7.01. The van der Waals surface area contributed by atoms with E-state index in [1.165, 1.54) is 0 Å². The Labute approximate surface area is 172 Å². The summed E-state index contributed by atoms with van der Waals surface area (Å²) < 4.78 is 0. The zero-order valence-corrected chi connectivity index (χ0v) is 17.5. The highest BCUT2D eigenvalue weighted by atomic mass is 16.2. The summed E-state index contributed by atoms with van der Waals surface area (Å²) in [6.07, 6.45) is 4.77. The normalized spacial score (nSPS) is 25.7. The molecule has 6 nitrogen and oxygen atoms in total. The number of carbonyl (C=O) groups excluding carboxylic acids is 3. The van der Waals surface area contributed by atoms with Crippen LogP contribution < -0.4 is 0 Å². The van der Waals surface area contributed by atoms with Crippen molar-refractivity contribution in [3.05, 3.63) is 35.4 Å². The molecule has 1 atom stereocenters. The first kappa shape index (κ1) is 19.9. The minimum Gasteiger partial charge on any atom is -0.344 e. The van der Waals surface area contributed by atoms with Crippen molar-refractivity contribution < 1.29 is 14.4 Å². The van der Waals surface area contributed by atoms with Crippen molar-refractivity contribution in [2.45, 2.75) is 51.0 Å². The van der Waals surface area contributed by atoms with E-state index in [2.05, 4.69) is 0 Å². The van der Waals surface area contributed by atoms with Crippen molar-refractivity contribution in [1.82, 2.24) is 14.7 Å². The number of carbonyl (C=O) groups is 3. The average Bonchev–Trinajstić information content (AvgIpc) is 3.16. The Morgan fingerprint density at radius 1 is 0.966 bits per heavy atom. The summed E-state index contributed by atoms with van der Waals surface area (Å²) in [5.41, 5.74) is 1.22. The highest BCUT2D eigenvalue weighted by molar-refractivity contribution is 5.95. The fourth-order valence-corrected chi connectivity index (χ4v) is 5.28. The van der Waals surface area contributed by atoms with E-state index >= 15 is 0 Å². The van der Waals surface area contributed by atoms with Gasteiger partial charge in [0.05, 0.1) is 0 Å². The molecule has 4 rings (SSSR count). The lowest BCUT2D eigenvalue weighted by Crippen LogP contribution is -2.61. The molecule has 0 aliphatic carbocycles. The van der Waals surface area contributed by atoms with E-state index in [1.807, 2.05) is 48.0 Å². The molecule has 3 aliphatic rings. The van der Waals surface area contributed by atoms with E-state index in [9.17, 15) is 14.4 Å². The van der Waals surface area contributed by atoms with Crippen LogP contribution in [0.2, 0.25) is 0 Å². The van der Waals surface area contributed by atoms with Crippen molar-refractivity contribution in [2.24, 2.45) is 5.92 Å². The molecule has 3 amide bonds. The van der Waals surface area contributed by atoms with E-state index in [0.717, 1.165) is 37.8 Å². The molecule has 3 aliphatic heterocycles. The fraction of sp³-hybridized carbons (Fsp3) is 0.609.